The van der Waals surface area contributed by atoms with E-state index in [0.717, 1.165) is 19.6 Å². The van der Waals surface area contributed by atoms with E-state index in [1.54, 1.807) is 0 Å². The molecule has 42 valence electrons. The zero-order chi connectivity index (χ0) is 5.33. The topological polar surface area (TPSA) is 9.23 Å². The van der Waals surface area contributed by atoms with Crippen molar-refractivity contribution in [3.05, 3.63) is 0 Å². The Kier molecular flexibility index (Phi) is 1.30. The highest BCUT2D eigenvalue weighted by atomic mass is 32.1. The van der Waals surface area contributed by atoms with Gasteiger partial charge in [-0.15, -0.1) is 0 Å². The predicted molar refractivity (Wildman–Crippen MR) is 32.8 cm³/mol. The molecule has 0 spiro atoms. The lowest BCUT2D eigenvalue weighted by Crippen LogP contribution is -2.14. The minimum atomic E-state index is 0.167. The molecular weight excluding hydrogens is 108 g/mol. The van der Waals surface area contributed by atoms with Gasteiger partial charge in [0.25, 0.3) is 0 Å². The minimum absolute atomic E-state index is 0.167. The first-order chi connectivity index (χ1) is 3.21. The summed E-state index contributed by atoms with van der Waals surface area (Å²) in [4.78, 5) is 0. The monoisotopic (exact) mass is 118 g/mol. The van der Waals surface area contributed by atoms with Crippen LogP contribution in [-0.4, -0.2) is 18.0 Å². The maximum Gasteiger partial charge on any atom is 0.0608 e. The van der Waals surface area contributed by atoms with Gasteiger partial charge in [-0.25, -0.2) is 0 Å². The van der Waals surface area contributed by atoms with Crippen molar-refractivity contribution < 1.29 is 4.74 Å². The Morgan fingerprint density at radius 1 is 1.71 bits per heavy atom. The van der Waals surface area contributed by atoms with E-state index in [0.29, 0.717) is 0 Å². The Bertz CT molecular complexity index is 62.5. The molecule has 0 aromatic heterocycles. The lowest BCUT2D eigenvalue weighted by Gasteiger charge is -2.10. The summed E-state index contributed by atoms with van der Waals surface area (Å²) >= 11 is 4.32. The van der Waals surface area contributed by atoms with E-state index in [4.69, 9.17) is 4.74 Å². The second kappa shape index (κ2) is 1.67. The third-order valence-electron chi connectivity index (χ3n) is 1.20. The van der Waals surface area contributed by atoms with Crippen molar-refractivity contribution in [1.29, 1.82) is 0 Å². The van der Waals surface area contributed by atoms with Crippen LogP contribution in [0.4, 0.5) is 0 Å². The normalized spacial score (nSPS) is 42.0. The quantitative estimate of drug-likeness (QED) is 0.468. The third-order valence-corrected chi connectivity index (χ3v) is 1.55. The summed E-state index contributed by atoms with van der Waals surface area (Å²) in [6.45, 7) is 3.80. The largest absolute Gasteiger partial charge is 0.380 e. The molecule has 2 heteroatoms. The number of hydrogen-bond donors (Lipinski definition) is 1. The van der Waals surface area contributed by atoms with E-state index in [-0.39, 0.29) is 4.75 Å². The van der Waals surface area contributed by atoms with Gasteiger partial charge in [0.05, 0.1) is 6.61 Å². The van der Waals surface area contributed by atoms with Crippen LogP contribution in [0.2, 0.25) is 0 Å². The number of ether oxygens (including phenoxy) is 1. The molecule has 0 unspecified atom stereocenters. The van der Waals surface area contributed by atoms with E-state index in [2.05, 4.69) is 19.6 Å². The molecule has 0 N–H and O–H groups in total. The average molecular weight is 118 g/mol. The van der Waals surface area contributed by atoms with Gasteiger partial charge in [-0.05, 0) is 13.3 Å². The zero-order valence-corrected chi connectivity index (χ0v) is 5.37. The van der Waals surface area contributed by atoms with E-state index in [1.807, 2.05) is 0 Å². The van der Waals surface area contributed by atoms with Gasteiger partial charge in [0.15, 0.2) is 0 Å². The second-order valence-corrected chi connectivity index (χ2v) is 3.38. The van der Waals surface area contributed by atoms with Crippen LogP contribution in [0.5, 0.6) is 0 Å². The Balaban J connectivity index is 2.40. The number of hydrogen-bond acceptors (Lipinski definition) is 2. The second-order valence-electron chi connectivity index (χ2n) is 2.30. The predicted octanol–water partition coefficient (Wildman–Crippen LogP) is 1.10. The van der Waals surface area contributed by atoms with Gasteiger partial charge in [0, 0.05) is 11.4 Å². The molecule has 1 nitrogen and oxygen atoms in total. The molecule has 1 aliphatic rings. The zero-order valence-electron chi connectivity index (χ0n) is 4.48. The number of rotatable bonds is 0. The van der Waals surface area contributed by atoms with Crippen LogP contribution in [0.3, 0.4) is 0 Å². The first-order valence-electron chi connectivity index (χ1n) is 2.51. The van der Waals surface area contributed by atoms with Crippen LogP contribution in [0.25, 0.3) is 0 Å². The standard InChI is InChI=1S/C5H10OS/c1-5(7)2-3-6-4-5/h7H,2-4H2,1H3/t5-/m1/s1. The van der Waals surface area contributed by atoms with Crippen molar-refractivity contribution in [3.8, 4) is 0 Å². The molecule has 1 heterocycles. The van der Waals surface area contributed by atoms with Crippen LogP contribution in [0.15, 0.2) is 0 Å². The number of thiol groups is 1. The molecule has 7 heavy (non-hydrogen) atoms. The van der Waals surface area contributed by atoms with Gasteiger partial charge in [0.1, 0.15) is 0 Å². The molecule has 0 radical (unpaired) electrons. The Labute approximate surface area is 49.5 Å². The van der Waals surface area contributed by atoms with E-state index in [1.165, 1.54) is 0 Å². The highest BCUT2D eigenvalue weighted by molar-refractivity contribution is 7.81. The minimum Gasteiger partial charge on any atom is -0.380 e. The van der Waals surface area contributed by atoms with Crippen molar-refractivity contribution in [2.24, 2.45) is 0 Å². The van der Waals surface area contributed by atoms with Gasteiger partial charge in [0.2, 0.25) is 0 Å². The maximum absolute atomic E-state index is 5.08. The molecule has 0 bridgehead atoms. The molecule has 0 aromatic carbocycles. The molecular formula is C5H10OS. The van der Waals surface area contributed by atoms with Crippen molar-refractivity contribution in [2.75, 3.05) is 13.2 Å². The molecule has 0 aromatic rings. The van der Waals surface area contributed by atoms with Crippen molar-refractivity contribution in [3.63, 3.8) is 0 Å². The molecule has 1 saturated heterocycles. The summed E-state index contributed by atoms with van der Waals surface area (Å²) in [5.74, 6) is 0. The highest BCUT2D eigenvalue weighted by Gasteiger charge is 2.24. The fraction of sp³-hybridized carbons (Fsp3) is 1.00. The molecule has 0 saturated carbocycles. The van der Waals surface area contributed by atoms with Crippen molar-refractivity contribution >= 4 is 12.6 Å². The maximum atomic E-state index is 5.08. The summed E-state index contributed by atoms with van der Waals surface area (Å²) in [6.07, 6.45) is 1.09. The highest BCUT2D eigenvalue weighted by Crippen LogP contribution is 2.23. The van der Waals surface area contributed by atoms with Crippen LogP contribution < -0.4 is 0 Å². The fourth-order valence-corrected chi connectivity index (χ4v) is 0.839. The lowest BCUT2D eigenvalue weighted by molar-refractivity contribution is 0.192. The first kappa shape index (κ1) is 5.45. The van der Waals surface area contributed by atoms with Crippen LogP contribution >= 0.6 is 12.6 Å². The Hall–Kier alpha value is 0.310. The SMILES string of the molecule is C[C@@]1(S)CCOC1. The molecule has 1 aliphatic heterocycles. The summed E-state index contributed by atoms with van der Waals surface area (Å²) in [6, 6.07) is 0. The summed E-state index contributed by atoms with van der Waals surface area (Å²) < 4.78 is 5.25. The van der Waals surface area contributed by atoms with Crippen molar-refractivity contribution in [1.82, 2.24) is 0 Å². The first-order valence-corrected chi connectivity index (χ1v) is 2.96. The van der Waals surface area contributed by atoms with Crippen molar-refractivity contribution in [2.45, 2.75) is 18.1 Å². The van der Waals surface area contributed by atoms with Gasteiger partial charge >= 0.3 is 0 Å². The van der Waals surface area contributed by atoms with E-state index >= 15 is 0 Å². The third kappa shape index (κ3) is 1.35. The van der Waals surface area contributed by atoms with Crippen LogP contribution in [-0.2, 0) is 4.74 Å². The van der Waals surface area contributed by atoms with E-state index < -0.39 is 0 Å². The summed E-state index contributed by atoms with van der Waals surface area (Å²) in [5.41, 5.74) is 0. The summed E-state index contributed by atoms with van der Waals surface area (Å²) in [7, 11) is 0. The van der Waals surface area contributed by atoms with E-state index in [9.17, 15) is 0 Å². The van der Waals surface area contributed by atoms with Gasteiger partial charge in [-0.3, -0.25) is 0 Å². The van der Waals surface area contributed by atoms with Gasteiger partial charge in [-0.1, -0.05) is 0 Å². The molecule has 0 aliphatic carbocycles. The smallest absolute Gasteiger partial charge is 0.0608 e. The Morgan fingerprint density at radius 3 is 2.57 bits per heavy atom. The molecule has 1 rings (SSSR count). The van der Waals surface area contributed by atoms with Gasteiger partial charge < -0.3 is 4.74 Å². The molecule has 1 atom stereocenters. The lowest BCUT2D eigenvalue weighted by atomic mass is 10.1. The molecule has 1 fully saturated rings. The molecule has 0 amide bonds. The fourth-order valence-electron chi connectivity index (χ4n) is 0.656. The van der Waals surface area contributed by atoms with Gasteiger partial charge in [-0.2, -0.15) is 12.6 Å². The van der Waals surface area contributed by atoms with Crippen LogP contribution in [0.1, 0.15) is 13.3 Å². The van der Waals surface area contributed by atoms with Crippen LogP contribution in [0, 0.1) is 0 Å². The summed E-state index contributed by atoms with van der Waals surface area (Å²) in [5, 5.41) is 0. The average Bonchev–Trinajstić information content (AvgIpc) is 1.84. The Morgan fingerprint density at radius 2 is 2.43 bits per heavy atom.